The second-order valence-corrected chi connectivity index (χ2v) is 5.85. The molecule has 0 radical (unpaired) electrons. The van der Waals surface area contributed by atoms with Crippen LogP contribution in [-0.4, -0.2) is 22.9 Å². The van der Waals surface area contributed by atoms with Crippen LogP contribution in [0.5, 0.6) is 0 Å². The van der Waals surface area contributed by atoms with Gasteiger partial charge in [-0.05, 0) is 24.5 Å². The lowest BCUT2D eigenvalue weighted by atomic mass is 9.69. The summed E-state index contributed by atoms with van der Waals surface area (Å²) >= 11 is 0. The summed E-state index contributed by atoms with van der Waals surface area (Å²) in [4.78, 5) is 28.0. The van der Waals surface area contributed by atoms with Crippen molar-refractivity contribution in [3.05, 3.63) is 35.2 Å². The largest absolute Gasteiger partial charge is 0.485 e. The van der Waals surface area contributed by atoms with Gasteiger partial charge in [0.2, 0.25) is 5.91 Å². The average Bonchev–Trinajstić information content (AvgIpc) is 3.00. The van der Waals surface area contributed by atoms with E-state index in [0.717, 1.165) is 16.9 Å². The Bertz CT molecular complexity index is 697. The Hall–Kier alpha value is -2.37. The molecule has 0 bridgehead atoms. The number of hydrogen-bond acceptors (Lipinski definition) is 4. The third-order valence-corrected chi connectivity index (χ3v) is 4.71. The van der Waals surface area contributed by atoms with Crippen LogP contribution in [0.1, 0.15) is 31.2 Å². The van der Waals surface area contributed by atoms with Crippen molar-refractivity contribution >= 4 is 17.6 Å². The van der Waals surface area contributed by atoms with Gasteiger partial charge in [-0.25, -0.2) is 4.98 Å². The minimum absolute atomic E-state index is 0.00900. The van der Waals surface area contributed by atoms with E-state index in [9.17, 15) is 9.59 Å². The maximum Gasteiger partial charge on any atom is 0.258 e. The predicted molar refractivity (Wildman–Crippen MR) is 74.1 cm³/mol. The lowest BCUT2D eigenvalue weighted by molar-refractivity contribution is -0.126. The number of carbonyl (C=O) groups excluding carboxylic acids is 2. The molecule has 1 aromatic heterocycles. The van der Waals surface area contributed by atoms with Crippen molar-refractivity contribution in [3.8, 4) is 0 Å². The Morgan fingerprint density at radius 3 is 3.19 bits per heavy atom. The summed E-state index contributed by atoms with van der Waals surface area (Å²) in [5, 5.41) is 2.87. The monoisotopic (exact) mass is 285 g/mol. The van der Waals surface area contributed by atoms with Crippen LogP contribution in [-0.2, 0) is 19.7 Å². The number of hydrogen-bond donors (Lipinski definition) is 2. The zero-order valence-corrected chi connectivity index (χ0v) is 11.4. The molecule has 6 heteroatoms. The molecule has 2 unspecified atom stereocenters. The number of allylic oxidation sites excluding steroid dienone is 1. The van der Waals surface area contributed by atoms with E-state index in [1.807, 2.05) is 12.1 Å². The number of nitrogens with zero attached hydrogens (tertiary/aromatic N) is 1. The van der Waals surface area contributed by atoms with Gasteiger partial charge in [0, 0.05) is 24.6 Å². The first-order valence-corrected chi connectivity index (χ1v) is 7.04. The van der Waals surface area contributed by atoms with E-state index in [1.54, 1.807) is 6.20 Å². The quantitative estimate of drug-likeness (QED) is 0.804. The van der Waals surface area contributed by atoms with Gasteiger partial charge in [-0.3, -0.25) is 9.59 Å². The number of pyridine rings is 1. The second kappa shape index (κ2) is 4.07. The number of ether oxygens (including phenoxy) is 1. The van der Waals surface area contributed by atoms with Crippen LogP contribution in [0.25, 0.3) is 0 Å². The molecule has 1 spiro atoms. The van der Waals surface area contributed by atoms with Gasteiger partial charge >= 0.3 is 0 Å². The number of primary amides is 1. The minimum Gasteiger partial charge on any atom is -0.485 e. The minimum atomic E-state index is -0.581. The van der Waals surface area contributed by atoms with E-state index < -0.39 is 17.4 Å². The number of anilines is 1. The number of nitrogens with two attached hydrogens (primary N) is 1. The third-order valence-electron chi connectivity index (χ3n) is 4.71. The molecule has 2 amide bonds. The summed E-state index contributed by atoms with van der Waals surface area (Å²) in [6, 6.07) is 3.80. The summed E-state index contributed by atoms with van der Waals surface area (Å²) in [6.07, 6.45) is 3.49. The van der Waals surface area contributed by atoms with Crippen LogP contribution >= 0.6 is 0 Å². The summed E-state index contributed by atoms with van der Waals surface area (Å²) in [5.41, 5.74) is 6.74. The highest BCUT2D eigenvalue weighted by Gasteiger charge is 2.51. The number of amides is 2. The molecule has 4 rings (SSSR count). The molecular weight excluding hydrogens is 270 g/mol. The number of fused-ring (bicyclic) bond motifs is 2. The van der Waals surface area contributed by atoms with Gasteiger partial charge in [0.25, 0.3) is 5.91 Å². The summed E-state index contributed by atoms with van der Waals surface area (Å²) < 4.78 is 5.61. The molecule has 3 N–H and O–H groups in total. The fraction of sp³-hybridized carbons (Fsp3) is 0.400. The molecule has 0 aromatic carbocycles. The fourth-order valence-corrected chi connectivity index (χ4v) is 3.64. The van der Waals surface area contributed by atoms with E-state index in [4.69, 9.17) is 10.5 Å². The standard InChI is InChI=1S/C15H15N3O3/c16-12(19)11-6-8-7-15(4-3-10(8)21-11)9-2-1-5-17-13(9)18-14(15)20/h1-2,5,11H,3-4,6-7H2,(H2,16,19)(H,17,18,20). The van der Waals surface area contributed by atoms with Crippen LogP contribution in [0.2, 0.25) is 0 Å². The van der Waals surface area contributed by atoms with Gasteiger partial charge in [-0.2, -0.15) is 0 Å². The van der Waals surface area contributed by atoms with Crippen molar-refractivity contribution in [3.63, 3.8) is 0 Å². The molecule has 2 aliphatic heterocycles. The van der Waals surface area contributed by atoms with Gasteiger partial charge in [0.1, 0.15) is 5.82 Å². The Balaban J connectivity index is 1.70. The lowest BCUT2D eigenvalue weighted by Crippen LogP contribution is -2.37. The number of carbonyl (C=O) groups is 2. The molecule has 0 saturated heterocycles. The van der Waals surface area contributed by atoms with E-state index in [0.29, 0.717) is 31.5 Å². The average molecular weight is 285 g/mol. The Morgan fingerprint density at radius 1 is 1.52 bits per heavy atom. The zero-order valence-electron chi connectivity index (χ0n) is 11.4. The van der Waals surface area contributed by atoms with Gasteiger partial charge in [0.15, 0.2) is 6.10 Å². The van der Waals surface area contributed by atoms with Crippen molar-refractivity contribution < 1.29 is 14.3 Å². The van der Waals surface area contributed by atoms with Gasteiger partial charge < -0.3 is 15.8 Å². The highest BCUT2D eigenvalue weighted by atomic mass is 16.5. The summed E-state index contributed by atoms with van der Waals surface area (Å²) in [5.74, 6) is 1.04. The van der Waals surface area contributed by atoms with Crippen LogP contribution in [0, 0.1) is 0 Å². The molecule has 6 nitrogen and oxygen atoms in total. The highest BCUT2D eigenvalue weighted by molar-refractivity contribution is 6.05. The second-order valence-electron chi connectivity index (χ2n) is 5.85. The molecule has 21 heavy (non-hydrogen) atoms. The predicted octanol–water partition coefficient (Wildman–Crippen LogP) is 0.984. The Morgan fingerprint density at radius 2 is 2.38 bits per heavy atom. The van der Waals surface area contributed by atoms with Crippen LogP contribution < -0.4 is 11.1 Å². The first kappa shape index (κ1) is 12.4. The zero-order chi connectivity index (χ0) is 14.6. The van der Waals surface area contributed by atoms with Crippen molar-refractivity contribution in [2.24, 2.45) is 5.73 Å². The molecule has 108 valence electrons. The maximum absolute atomic E-state index is 12.5. The van der Waals surface area contributed by atoms with E-state index >= 15 is 0 Å². The van der Waals surface area contributed by atoms with Crippen LogP contribution in [0.15, 0.2) is 29.7 Å². The van der Waals surface area contributed by atoms with Gasteiger partial charge in [0.05, 0.1) is 11.2 Å². The molecule has 1 aliphatic carbocycles. The van der Waals surface area contributed by atoms with Crippen molar-refractivity contribution in [2.75, 3.05) is 5.32 Å². The summed E-state index contributed by atoms with van der Waals surface area (Å²) in [7, 11) is 0. The van der Waals surface area contributed by atoms with Crippen molar-refractivity contribution in [2.45, 2.75) is 37.2 Å². The fourth-order valence-electron chi connectivity index (χ4n) is 3.64. The number of nitrogens with one attached hydrogen (secondary N) is 1. The topological polar surface area (TPSA) is 94.3 Å². The van der Waals surface area contributed by atoms with E-state index in [-0.39, 0.29) is 5.91 Å². The van der Waals surface area contributed by atoms with Crippen LogP contribution in [0.3, 0.4) is 0 Å². The molecule has 2 atom stereocenters. The molecule has 3 aliphatic rings. The van der Waals surface area contributed by atoms with E-state index in [2.05, 4.69) is 10.3 Å². The van der Waals surface area contributed by atoms with E-state index in [1.165, 1.54) is 0 Å². The summed E-state index contributed by atoms with van der Waals surface area (Å²) in [6.45, 7) is 0. The lowest BCUT2D eigenvalue weighted by Gasteiger charge is -2.31. The Kier molecular flexibility index (Phi) is 2.40. The number of rotatable bonds is 1. The third kappa shape index (κ3) is 1.62. The van der Waals surface area contributed by atoms with Crippen molar-refractivity contribution in [1.29, 1.82) is 0 Å². The first-order valence-electron chi connectivity index (χ1n) is 7.04. The Labute approximate surface area is 121 Å². The smallest absolute Gasteiger partial charge is 0.258 e. The molecular formula is C15H15N3O3. The highest BCUT2D eigenvalue weighted by Crippen LogP contribution is 2.51. The molecule has 1 aromatic rings. The van der Waals surface area contributed by atoms with Crippen LogP contribution in [0.4, 0.5) is 5.82 Å². The maximum atomic E-state index is 12.5. The first-order chi connectivity index (χ1) is 10.1. The van der Waals surface area contributed by atoms with Gasteiger partial charge in [-0.15, -0.1) is 0 Å². The normalized spacial score (nSPS) is 29.9. The molecule has 0 fully saturated rings. The molecule has 3 heterocycles. The number of aromatic nitrogens is 1. The van der Waals surface area contributed by atoms with Gasteiger partial charge in [-0.1, -0.05) is 6.07 Å². The SMILES string of the molecule is NC(=O)C1CC2=C(CCC3(C2)C(=O)Nc2ncccc23)O1. The molecule has 0 saturated carbocycles. The van der Waals surface area contributed by atoms with Crippen molar-refractivity contribution in [1.82, 2.24) is 4.98 Å².